The van der Waals surface area contributed by atoms with E-state index in [0.717, 1.165) is 26.6 Å². The lowest BCUT2D eigenvalue weighted by atomic mass is 10.1. The zero-order valence-corrected chi connectivity index (χ0v) is 17.3. The molecule has 0 amide bonds. The molecule has 0 aliphatic heterocycles. The van der Waals surface area contributed by atoms with Crippen molar-refractivity contribution in [1.82, 2.24) is 4.98 Å². The molecule has 0 radical (unpaired) electrons. The van der Waals surface area contributed by atoms with E-state index in [4.69, 9.17) is 11.6 Å². The monoisotopic (exact) mass is 406 g/mol. The van der Waals surface area contributed by atoms with Crippen LogP contribution in [0, 0.1) is 27.7 Å². The molecule has 1 aromatic heterocycles. The van der Waals surface area contributed by atoms with Crippen LogP contribution in [0.15, 0.2) is 41.4 Å². The fourth-order valence-electron chi connectivity index (χ4n) is 2.65. The zero-order chi connectivity index (χ0) is 19.1. The molecule has 3 aromatic rings. The first-order chi connectivity index (χ1) is 12.2. The predicted molar refractivity (Wildman–Crippen MR) is 109 cm³/mol. The lowest BCUT2D eigenvalue weighted by Crippen LogP contribution is -2.14. The molecule has 0 aliphatic carbocycles. The standard InChI is InChI=1S/C19H19ClN2O2S2/c1-11-5-6-15(9-16(11)19-21-10-14(4)25-19)22-26(23,24)18-8-12(2)17(20)7-13(18)3/h5-10,22H,1-4H3. The summed E-state index contributed by atoms with van der Waals surface area (Å²) in [7, 11) is -3.72. The highest BCUT2D eigenvalue weighted by atomic mass is 35.5. The van der Waals surface area contributed by atoms with E-state index in [9.17, 15) is 8.42 Å². The van der Waals surface area contributed by atoms with Crippen LogP contribution in [0.2, 0.25) is 5.02 Å². The Bertz CT molecular complexity index is 1090. The Balaban J connectivity index is 2.00. The Labute approximate surface area is 162 Å². The van der Waals surface area contributed by atoms with Crippen molar-refractivity contribution in [2.75, 3.05) is 4.72 Å². The number of hydrogen-bond acceptors (Lipinski definition) is 4. The SMILES string of the molecule is Cc1cnc(-c2cc(NS(=O)(=O)c3cc(C)c(Cl)cc3C)ccc2C)s1. The minimum Gasteiger partial charge on any atom is -0.280 e. The van der Waals surface area contributed by atoms with Crippen molar-refractivity contribution < 1.29 is 8.42 Å². The lowest BCUT2D eigenvalue weighted by molar-refractivity contribution is 0.600. The quantitative estimate of drug-likeness (QED) is 0.622. The molecule has 136 valence electrons. The number of benzene rings is 2. The van der Waals surface area contributed by atoms with E-state index >= 15 is 0 Å². The smallest absolute Gasteiger partial charge is 0.262 e. The van der Waals surface area contributed by atoms with Gasteiger partial charge in [0.05, 0.1) is 4.90 Å². The first-order valence-electron chi connectivity index (χ1n) is 8.00. The van der Waals surface area contributed by atoms with Crippen LogP contribution < -0.4 is 4.72 Å². The molecule has 1 heterocycles. The molecule has 0 bridgehead atoms. The highest BCUT2D eigenvalue weighted by Gasteiger charge is 2.19. The molecule has 0 saturated heterocycles. The molecule has 0 atom stereocenters. The number of sulfonamides is 1. The van der Waals surface area contributed by atoms with Crippen molar-refractivity contribution in [1.29, 1.82) is 0 Å². The van der Waals surface area contributed by atoms with Gasteiger partial charge in [0.2, 0.25) is 0 Å². The maximum absolute atomic E-state index is 12.9. The van der Waals surface area contributed by atoms with Crippen LogP contribution in [0.1, 0.15) is 21.6 Å². The van der Waals surface area contributed by atoms with Crippen molar-refractivity contribution in [2.24, 2.45) is 0 Å². The van der Waals surface area contributed by atoms with Gasteiger partial charge in [0, 0.05) is 27.3 Å². The van der Waals surface area contributed by atoms with Crippen molar-refractivity contribution in [3.63, 3.8) is 0 Å². The third kappa shape index (κ3) is 3.77. The van der Waals surface area contributed by atoms with Crippen molar-refractivity contribution in [3.8, 4) is 10.6 Å². The van der Waals surface area contributed by atoms with Crippen molar-refractivity contribution >= 4 is 38.6 Å². The van der Waals surface area contributed by atoms with Crippen LogP contribution in [0.3, 0.4) is 0 Å². The van der Waals surface area contributed by atoms with Gasteiger partial charge in [0.25, 0.3) is 10.0 Å². The van der Waals surface area contributed by atoms with Gasteiger partial charge in [-0.1, -0.05) is 17.7 Å². The first kappa shape index (κ1) is 18.9. The topological polar surface area (TPSA) is 59.1 Å². The molecule has 1 N–H and O–H groups in total. The van der Waals surface area contributed by atoms with Crippen LogP contribution in [-0.2, 0) is 10.0 Å². The van der Waals surface area contributed by atoms with Gasteiger partial charge >= 0.3 is 0 Å². The molecule has 7 heteroatoms. The summed E-state index contributed by atoms with van der Waals surface area (Å²) in [6, 6.07) is 8.74. The summed E-state index contributed by atoms with van der Waals surface area (Å²) >= 11 is 7.66. The average molecular weight is 407 g/mol. The second-order valence-electron chi connectivity index (χ2n) is 6.28. The first-order valence-corrected chi connectivity index (χ1v) is 10.7. The van der Waals surface area contributed by atoms with E-state index in [0.29, 0.717) is 16.3 Å². The van der Waals surface area contributed by atoms with E-state index in [2.05, 4.69) is 9.71 Å². The minimum absolute atomic E-state index is 0.228. The number of thiazole rings is 1. The summed E-state index contributed by atoms with van der Waals surface area (Å²) in [4.78, 5) is 5.74. The van der Waals surface area contributed by atoms with Crippen LogP contribution in [-0.4, -0.2) is 13.4 Å². The van der Waals surface area contributed by atoms with Gasteiger partial charge in [-0.2, -0.15) is 0 Å². The molecular formula is C19H19ClN2O2S2. The maximum atomic E-state index is 12.9. The summed E-state index contributed by atoms with van der Waals surface area (Å²) in [6.45, 7) is 7.50. The number of nitrogens with zero attached hydrogens (tertiary/aromatic N) is 1. The minimum atomic E-state index is -3.72. The molecule has 0 unspecified atom stereocenters. The van der Waals surface area contributed by atoms with Gasteiger partial charge < -0.3 is 0 Å². The van der Waals surface area contributed by atoms with E-state index in [-0.39, 0.29) is 4.90 Å². The fourth-order valence-corrected chi connectivity index (χ4v) is 5.08. The Morgan fingerprint density at radius 3 is 2.38 bits per heavy atom. The molecule has 0 spiro atoms. The number of aromatic nitrogens is 1. The molecule has 26 heavy (non-hydrogen) atoms. The van der Waals surface area contributed by atoms with Crippen LogP contribution in [0.4, 0.5) is 5.69 Å². The summed E-state index contributed by atoms with van der Waals surface area (Å²) in [5, 5.41) is 1.43. The predicted octanol–water partition coefficient (Wildman–Crippen LogP) is 5.50. The average Bonchev–Trinajstić information content (AvgIpc) is 2.98. The van der Waals surface area contributed by atoms with Crippen LogP contribution in [0.25, 0.3) is 10.6 Å². The fraction of sp³-hybridized carbons (Fsp3) is 0.211. The molecule has 4 nitrogen and oxygen atoms in total. The number of hydrogen-bond donors (Lipinski definition) is 1. The molecular weight excluding hydrogens is 388 g/mol. The molecule has 0 saturated carbocycles. The van der Waals surface area contributed by atoms with Gasteiger partial charge in [-0.05, 0) is 68.7 Å². The highest BCUT2D eigenvalue weighted by molar-refractivity contribution is 7.92. The summed E-state index contributed by atoms with van der Waals surface area (Å²) in [5.74, 6) is 0. The van der Waals surface area contributed by atoms with Gasteiger partial charge in [-0.25, -0.2) is 13.4 Å². The largest absolute Gasteiger partial charge is 0.280 e. The van der Waals surface area contributed by atoms with E-state index in [1.54, 1.807) is 43.4 Å². The number of aryl methyl sites for hydroxylation is 4. The summed E-state index contributed by atoms with van der Waals surface area (Å²) < 4.78 is 28.4. The zero-order valence-electron chi connectivity index (χ0n) is 14.9. The number of nitrogens with one attached hydrogen (secondary N) is 1. The number of anilines is 1. The molecule has 3 rings (SSSR count). The third-order valence-corrected chi connectivity index (χ3v) is 6.96. The van der Waals surface area contributed by atoms with E-state index in [1.807, 2.05) is 32.2 Å². The molecule has 2 aromatic carbocycles. The summed E-state index contributed by atoms with van der Waals surface area (Å²) in [5.41, 5.74) is 3.80. The van der Waals surface area contributed by atoms with Gasteiger partial charge in [-0.15, -0.1) is 11.3 Å². The number of halogens is 1. The normalized spacial score (nSPS) is 11.6. The van der Waals surface area contributed by atoms with Crippen LogP contribution >= 0.6 is 22.9 Å². The van der Waals surface area contributed by atoms with Crippen molar-refractivity contribution in [3.05, 3.63) is 63.1 Å². The lowest BCUT2D eigenvalue weighted by Gasteiger charge is -2.13. The number of rotatable bonds is 4. The van der Waals surface area contributed by atoms with Gasteiger partial charge in [-0.3, -0.25) is 4.72 Å². The highest BCUT2D eigenvalue weighted by Crippen LogP contribution is 2.31. The van der Waals surface area contributed by atoms with E-state index < -0.39 is 10.0 Å². The Hall–Kier alpha value is -1.89. The molecule has 0 fully saturated rings. The second-order valence-corrected chi connectivity index (χ2v) is 9.57. The molecule has 0 aliphatic rings. The Morgan fingerprint density at radius 1 is 1.00 bits per heavy atom. The maximum Gasteiger partial charge on any atom is 0.262 e. The van der Waals surface area contributed by atoms with Gasteiger partial charge in [0.1, 0.15) is 5.01 Å². The van der Waals surface area contributed by atoms with Gasteiger partial charge in [0.15, 0.2) is 0 Å². The third-order valence-electron chi connectivity index (χ3n) is 4.09. The van der Waals surface area contributed by atoms with E-state index in [1.165, 1.54) is 0 Å². The Morgan fingerprint density at radius 2 is 1.73 bits per heavy atom. The van der Waals surface area contributed by atoms with Crippen LogP contribution in [0.5, 0.6) is 0 Å². The Kier molecular flexibility index (Phi) is 5.10. The van der Waals surface area contributed by atoms with Crippen molar-refractivity contribution in [2.45, 2.75) is 32.6 Å². The summed E-state index contributed by atoms with van der Waals surface area (Å²) in [6.07, 6.45) is 1.82. The second kappa shape index (κ2) is 7.02.